The van der Waals surface area contributed by atoms with Crippen molar-refractivity contribution >= 4 is 17.8 Å². The van der Waals surface area contributed by atoms with E-state index >= 15 is 0 Å². The van der Waals surface area contributed by atoms with Crippen LogP contribution in [0, 0.1) is 0 Å². The zero-order valence-corrected chi connectivity index (χ0v) is 11.6. The third-order valence-corrected chi connectivity index (χ3v) is 4.06. The minimum Gasteiger partial charge on any atom is -0.325 e. The van der Waals surface area contributed by atoms with E-state index in [4.69, 9.17) is 0 Å². The molecule has 1 aliphatic rings. The molecule has 1 fully saturated rings. The van der Waals surface area contributed by atoms with Crippen LogP contribution in [0.3, 0.4) is 0 Å². The normalized spacial score (nSPS) is 19.1. The van der Waals surface area contributed by atoms with Crippen molar-refractivity contribution < 1.29 is 4.79 Å². The fraction of sp³-hybridized carbons (Fsp3) is 0.917. The number of thioether (sulfide) groups is 1. The number of carbonyl (C=O) groups excluding carboxylic acids is 1. The van der Waals surface area contributed by atoms with Gasteiger partial charge in [0.1, 0.15) is 0 Å². The van der Waals surface area contributed by atoms with Gasteiger partial charge in [0.2, 0.25) is 0 Å². The lowest BCUT2D eigenvalue weighted by molar-refractivity contribution is 0.155. The molecule has 0 aliphatic carbocycles. The van der Waals surface area contributed by atoms with Gasteiger partial charge < -0.3 is 9.80 Å². The van der Waals surface area contributed by atoms with Gasteiger partial charge in [0.15, 0.2) is 0 Å². The Bertz CT molecular complexity index is 215. The number of amides is 2. The van der Waals surface area contributed by atoms with Crippen LogP contribution in [0.2, 0.25) is 0 Å². The van der Waals surface area contributed by atoms with E-state index in [1.165, 1.54) is 12.8 Å². The van der Waals surface area contributed by atoms with Crippen LogP contribution < -0.4 is 0 Å². The van der Waals surface area contributed by atoms with Gasteiger partial charge in [-0.3, -0.25) is 0 Å². The van der Waals surface area contributed by atoms with Gasteiger partial charge in [0, 0.05) is 31.9 Å². The van der Waals surface area contributed by atoms with Crippen LogP contribution in [-0.4, -0.2) is 54.0 Å². The molecule has 3 nitrogen and oxygen atoms in total. The van der Waals surface area contributed by atoms with Crippen molar-refractivity contribution in [2.24, 2.45) is 0 Å². The van der Waals surface area contributed by atoms with Crippen molar-refractivity contribution in [2.45, 2.75) is 38.6 Å². The molecule has 0 spiro atoms. The van der Waals surface area contributed by atoms with Gasteiger partial charge in [-0.1, -0.05) is 12.8 Å². The van der Waals surface area contributed by atoms with Crippen LogP contribution in [0.4, 0.5) is 4.79 Å². The third kappa shape index (κ3) is 3.89. The predicted octanol–water partition coefficient (Wildman–Crippen LogP) is 2.67. The molecule has 0 N–H and O–H groups in total. The lowest BCUT2D eigenvalue weighted by atomic mass is 10.2. The Hall–Kier alpha value is -0.380. The molecule has 1 heterocycles. The van der Waals surface area contributed by atoms with E-state index in [2.05, 4.69) is 13.2 Å². The quantitative estimate of drug-likeness (QED) is 0.762. The summed E-state index contributed by atoms with van der Waals surface area (Å²) in [5, 5.41) is 0. The molecule has 0 bridgehead atoms. The van der Waals surface area contributed by atoms with Crippen molar-refractivity contribution in [1.29, 1.82) is 0 Å². The number of hydrogen-bond donors (Lipinski definition) is 0. The highest BCUT2D eigenvalue weighted by Gasteiger charge is 2.22. The Morgan fingerprint density at radius 2 is 1.88 bits per heavy atom. The van der Waals surface area contributed by atoms with Gasteiger partial charge in [-0.15, -0.1) is 0 Å². The average molecular weight is 244 g/mol. The van der Waals surface area contributed by atoms with E-state index < -0.39 is 0 Å². The zero-order chi connectivity index (χ0) is 12.0. The lowest BCUT2D eigenvalue weighted by Gasteiger charge is -2.31. The average Bonchev–Trinajstić information content (AvgIpc) is 2.56. The summed E-state index contributed by atoms with van der Waals surface area (Å²) in [5.41, 5.74) is 0. The molecule has 1 unspecified atom stereocenters. The molecular formula is C12H24N2OS. The van der Waals surface area contributed by atoms with E-state index in [1.54, 1.807) is 11.8 Å². The molecule has 1 saturated heterocycles. The Balaban J connectivity index is 2.47. The molecule has 2 amide bonds. The molecule has 1 rings (SSSR count). The summed E-state index contributed by atoms with van der Waals surface area (Å²) in [6.45, 7) is 4.00. The van der Waals surface area contributed by atoms with Gasteiger partial charge >= 0.3 is 6.03 Å². The summed E-state index contributed by atoms with van der Waals surface area (Å²) in [7, 11) is 1.92. The summed E-state index contributed by atoms with van der Waals surface area (Å²) in [4.78, 5) is 16.1. The molecule has 94 valence electrons. The molecule has 0 aromatic rings. The van der Waals surface area contributed by atoms with Gasteiger partial charge in [0.25, 0.3) is 0 Å². The second kappa shape index (κ2) is 7.05. The monoisotopic (exact) mass is 244 g/mol. The first-order valence-corrected chi connectivity index (χ1v) is 7.57. The molecule has 0 radical (unpaired) electrons. The maximum Gasteiger partial charge on any atom is 0.320 e. The SMILES string of the molecule is CSCC(C)N(C)C(=O)N1CCCCCC1. The molecule has 0 saturated carbocycles. The van der Waals surface area contributed by atoms with E-state index in [0.717, 1.165) is 31.7 Å². The number of carbonyl (C=O) groups is 1. The third-order valence-electron chi connectivity index (χ3n) is 3.25. The predicted molar refractivity (Wildman–Crippen MR) is 71.0 cm³/mol. The molecule has 1 atom stereocenters. The first kappa shape index (κ1) is 13.7. The van der Waals surface area contributed by atoms with Gasteiger partial charge in [-0.05, 0) is 26.0 Å². The summed E-state index contributed by atoms with van der Waals surface area (Å²) >= 11 is 1.79. The summed E-state index contributed by atoms with van der Waals surface area (Å²) < 4.78 is 0. The van der Waals surface area contributed by atoms with Crippen molar-refractivity contribution in [2.75, 3.05) is 32.1 Å². The summed E-state index contributed by atoms with van der Waals surface area (Å²) in [6, 6.07) is 0.536. The Morgan fingerprint density at radius 3 is 2.38 bits per heavy atom. The molecule has 0 aromatic carbocycles. The highest BCUT2D eigenvalue weighted by Crippen LogP contribution is 2.13. The highest BCUT2D eigenvalue weighted by molar-refractivity contribution is 7.98. The second-order valence-corrected chi connectivity index (χ2v) is 5.51. The van der Waals surface area contributed by atoms with Crippen LogP contribution in [0.15, 0.2) is 0 Å². The largest absolute Gasteiger partial charge is 0.325 e. The van der Waals surface area contributed by atoms with Gasteiger partial charge in [-0.25, -0.2) is 4.79 Å². The van der Waals surface area contributed by atoms with E-state index in [9.17, 15) is 4.79 Å². The van der Waals surface area contributed by atoms with Crippen molar-refractivity contribution in [3.05, 3.63) is 0 Å². The smallest absolute Gasteiger partial charge is 0.320 e. The molecule has 0 aromatic heterocycles. The fourth-order valence-corrected chi connectivity index (χ4v) is 2.73. The molecule has 4 heteroatoms. The van der Waals surface area contributed by atoms with E-state index in [-0.39, 0.29) is 6.03 Å². The topological polar surface area (TPSA) is 23.6 Å². The summed E-state index contributed by atoms with van der Waals surface area (Å²) in [6.07, 6.45) is 6.95. The fourth-order valence-electron chi connectivity index (χ4n) is 2.03. The maximum atomic E-state index is 12.2. The van der Waals surface area contributed by atoms with Crippen LogP contribution in [0.5, 0.6) is 0 Å². The molecule has 1 aliphatic heterocycles. The maximum absolute atomic E-state index is 12.2. The Morgan fingerprint density at radius 1 is 1.31 bits per heavy atom. The summed E-state index contributed by atoms with van der Waals surface area (Å²) in [5.74, 6) is 1.01. The first-order valence-electron chi connectivity index (χ1n) is 6.17. The number of likely N-dealkylation sites (tertiary alicyclic amines) is 1. The standard InChI is InChI=1S/C12H24N2OS/c1-11(10-16-3)13(2)12(15)14-8-6-4-5-7-9-14/h11H,4-10H2,1-3H3. The van der Waals surface area contributed by atoms with E-state index in [1.807, 2.05) is 16.8 Å². The molecule has 16 heavy (non-hydrogen) atoms. The van der Waals surface area contributed by atoms with Gasteiger partial charge in [0.05, 0.1) is 0 Å². The molecular weight excluding hydrogens is 220 g/mol. The number of rotatable bonds is 3. The van der Waals surface area contributed by atoms with Crippen LogP contribution in [-0.2, 0) is 0 Å². The first-order chi connectivity index (χ1) is 7.66. The second-order valence-electron chi connectivity index (χ2n) is 4.60. The minimum atomic E-state index is 0.212. The van der Waals surface area contributed by atoms with Crippen LogP contribution >= 0.6 is 11.8 Å². The van der Waals surface area contributed by atoms with Crippen LogP contribution in [0.1, 0.15) is 32.6 Å². The Kier molecular flexibility index (Phi) is 6.03. The zero-order valence-electron chi connectivity index (χ0n) is 10.7. The number of nitrogens with zero attached hydrogens (tertiary/aromatic N) is 2. The highest BCUT2D eigenvalue weighted by atomic mass is 32.2. The van der Waals surface area contributed by atoms with E-state index in [0.29, 0.717) is 6.04 Å². The Labute approximate surface area is 104 Å². The number of urea groups is 1. The minimum absolute atomic E-state index is 0.212. The van der Waals surface area contributed by atoms with Crippen molar-refractivity contribution in [3.63, 3.8) is 0 Å². The van der Waals surface area contributed by atoms with Crippen molar-refractivity contribution in [1.82, 2.24) is 9.80 Å². The lowest BCUT2D eigenvalue weighted by Crippen LogP contribution is -2.46. The van der Waals surface area contributed by atoms with Crippen molar-refractivity contribution in [3.8, 4) is 0 Å². The van der Waals surface area contributed by atoms with Crippen LogP contribution in [0.25, 0.3) is 0 Å². The van der Waals surface area contributed by atoms with Gasteiger partial charge in [-0.2, -0.15) is 11.8 Å². The number of hydrogen-bond acceptors (Lipinski definition) is 2.